The van der Waals surface area contributed by atoms with Crippen LogP contribution >= 0.6 is 11.3 Å². The number of hydrogen-bond acceptors (Lipinski definition) is 2. The van der Waals surface area contributed by atoms with Crippen LogP contribution in [0.1, 0.15) is 43.5 Å². The minimum atomic E-state index is 0.306. The molecule has 1 aliphatic rings. The van der Waals surface area contributed by atoms with Crippen LogP contribution < -0.4 is 5.73 Å². The monoisotopic (exact) mass is 251 g/mol. The maximum absolute atomic E-state index is 6.08. The summed E-state index contributed by atoms with van der Waals surface area (Å²) in [6.45, 7) is 2.17. The predicted octanol–water partition coefficient (Wildman–Crippen LogP) is 3.00. The summed E-state index contributed by atoms with van der Waals surface area (Å²) in [7, 11) is 2.03. The van der Waals surface area contributed by atoms with Crippen molar-refractivity contribution in [2.75, 3.05) is 7.05 Å². The second-order valence-electron chi connectivity index (χ2n) is 4.73. The summed E-state index contributed by atoms with van der Waals surface area (Å²) in [5.74, 6) is 0.679. The first-order valence-electron chi connectivity index (χ1n) is 6.28. The second-order valence-corrected chi connectivity index (χ2v) is 5.71. The summed E-state index contributed by atoms with van der Waals surface area (Å²) in [5, 5.41) is 2.10. The van der Waals surface area contributed by atoms with E-state index in [1.165, 1.54) is 30.6 Å². The summed E-state index contributed by atoms with van der Waals surface area (Å²) >= 11 is 1.77. The number of nitrogens with two attached hydrogens (primary N) is 1. The maximum atomic E-state index is 6.08. The normalized spacial score (nSPS) is 19.5. The van der Waals surface area contributed by atoms with Crippen molar-refractivity contribution in [1.29, 1.82) is 0 Å². The van der Waals surface area contributed by atoms with Crippen LogP contribution in [0.3, 0.4) is 0 Å². The number of rotatable bonds is 3. The maximum Gasteiger partial charge on any atom is 0.191 e. The first-order chi connectivity index (χ1) is 8.18. The van der Waals surface area contributed by atoms with E-state index in [-0.39, 0.29) is 0 Å². The fourth-order valence-electron chi connectivity index (χ4n) is 2.23. The van der Waals surface area contributed by atoms with Crippen LogP contribution in [0, 0.1) is 0 Å². The highest BCUT2D eigenvalue weighted by atomic mass is 32.1. The van der Waals surface area contributed by atoms with Gasteiger partial charge in [-0.3, -0.25) is 0 Å². The topological polar surface area (TPSA) is 41.6 Å². The van der Waals surface area contributed by atoms with Crippen LogP contribution in [0.4, 0.5) is 0 Å². The van der Waals surface area contributed by atoms with Crippen molar-refractivity contribution in [3.8, 4) is 0 Å². The molecule has 17 heavy (non-hydrogen) atoms. The van der Waals surface area contributed by atoms with Crippen molar-refractivity contribution in [3.05, 3.63) is 22.4 Å². The van der Waals surface area contributed by atoms with Crippen molar-refractivity contribution >= 4 is 17.3 Å². The quantitative estimate of drug-likeness (QED) is 0.663. The number of guanidine groups is 1. The molecule has 0 bridgehead atoms. The van der Waals surface area contributed by atoms with Gasteiger partial charge in [-0.2, -0.15) is 0 Å². The van der Waals surface area contributed by atoms with Crippen molar-refractivity contribution in [3.63, 3.8) is 0 Å². The van der Waals surface area contributed by atoms with Crippen LogP contribution in [-0.2, 0) is 0 Å². The average molecular weight is 251 g/mol. The zero-order valence-electron chi connectivity index (χ0n) is 10.6. The van der Waals surface area contributed by atoms with Gasteiger partial charge in [0.15, 0.2) is 5.96 Å². The molecule has 1 fully saturated rings. The Balaban J connectivity index is 2.00. The molecule has 1 aliphatic carbocycles. The highest BCUT2D eigenvalue weighted by molar-refractivity contribution is 7.10. The highest BCUT2D eigenvalue weighted by Crippen LogP contribution is 2.24. The summed E-state index contributed by atoms with van der Waals surface area (Å²) < 4.78 is 0. The van der Waals surface area contributed by atoms with Gasteiger partial charge < -0.3 is 10.6 Å². The molecule has 1 aromatic heterocycles. The molecule has 1 saturated carbocycles. The lowest BCUT2D eigenvalue weighted by Crippen LogP contribution is -2.36. The largest absolute Gasteiger partial charge is 0.370 e. The summed E-state index contributed by atoms with van der Waals surface area (Å²) in [6, 6.07) is 4.98. The molecule has 0 aliphatic heterocycles. The van der Waals surface area contributed by atoms with E-state index < -0.39 is 0 Å². The third-order valence-corrected chi connectivity index (χ3v) is 4.58. The minimum absolute atomic E-state index is 0.306. The molecule has 0 aromatic carbocycles. The number of hydrogen-bond donors (Lipinski definition) is 1. The fraction of sp³-hybridized carbons (Fsp3) is 0.615. The van der Waals surface area contributed by atoms with Gasteiger partial charge in [0.2, 0.25) is 0 Å². The molecule has 0 radical (unpaired) electrons. The predicted molar refractivity (Wildman–Crippen MR) is 74.4 cm³/mol. The Kier molecular flexibility index (Phi) is 4.05. The van der Waals surface area contributed by atoms with Gasteiger partial charge in [0.1, 0.15) is 0 Å². The molecule has 0 saturated heterocycles. The molecule has 1 heterocycles. The fourth-order valence-corrected chi connectivity index (χ4v) is 3.06. The molecular weight excluding hydrogens is 230 g/mol. The van der Waals surface area contributed by atoms with E-state index in [1.807, 2.05) is 7.05 Å². The van der Waals surface area contributed by atoms with Gasteiger partial charge in [-0.1, -0.05) is 18.9 Å². The lowest BCUT2D eigenvalue weighted by molar-refractivity contribution is 0.399. The summed E-state index contributed by atoms with van der Waals surface area (Å²) in [4.78, 5) is 8.04. The number of thiophene rings is 1. The Labute approximate surface area is 107 Å². The molecular formula is C13H21N3S. The third-order valence-electron chi connectivity index (χ3n) is 3.54. The molecule has 1 atom stereocenters. The first-order valence-corrected chi connectivity index (χ1v) is 7.16. The van der Waals surface area contributed by atoms with Crippen LogP contribution in [0.2, 0.25) is 0 Å². The molecule has 0 spiro atoms. The van der Waals surface area contributed by atoms with Gasteiger partial charge >= 0.3 is 0 Å². The molecule has 2 rings (SSSR count). The summed E-state index contributed by atoms with van der Waals surface area (Å²) in [6.07, 6.45) is 4.99. The van der Waals surface area contributed by atoms with Crippen LogP contribution in [-0.4, -0.2) is 23.9 Å². The Bertz CT molecular complexity index is 366. The molecule has 94 valence electrons. The molecule has 0 amide bonds. The first kappa shape index (κ1) is 12.4. The second kappa shape index (κ2) is 5.54. The van der Waals surface area contributed by atoms with E-state index in [0.717, 1.165) is 0 Å². The van der Waals surface area contributed by atoms with Crippen LogP contribution in [0.5, 0.6) is 0 Å². The van der Waals surface area contributed by atoms with Crippen molar-refractivity contribution in [2.24, 2.45) is 10.7 Å². The molecule has 3 nitrogen and oxygen atoms in total. The standard InChI is InChI=1S/C13H21N3S/c1-10(12-8-5-9-17-12)16(2)13(14)15-11-6-3-4-7-11/h5,8-11H,3-4,6-7H2,1-2H3,(H2,14,15). The Hall–Kier alpha value is -1.03. The molecule has 1 unspecified atom stereocenters. The van der Waals surface area contributed by atoms with E-state index in [9.17, 15) is 0 Å². The molecule has 4 heteroatoms. The third kappa shape index (κ3) is 3.00. The Morgan fingerprint density at radius 3 is 2.82 bits per heavy atom. The SMILES string of the molecule is CC(c1cccs1)N(C)C(N)=NC1CCCC1. The van der Waals surface area contributed by atoms with Crippen molar-refractivity contribution in [2.45, 2.75) is 44.7 Å². The highest BCUT2D eigenvalue weighted by Gasteiger charge is 2.18. The average Bonchev–Trinajstić information content (AvgIpc) is 2.99. The van der Waals surface area contributed by atoms with Crippen molar-refractivity contribution < 1.29 is 0 Å². The zero-order chi connectivity index (χ0) is 12.3. The lowest BCUT2D eigenvalue weighted by atomic mass is 10.2. The molecule has 2 N–H and O–H groups in total. The van der Waals surface area contributed by atoms with Gasteiger partial charge in [0.25, 0.3) is 0 Å². The van der Waals surface area contributed by atoms with Crippen molar-refractivity contribution in [1.82, 2.24) is 4.90 Å². The number of aliphatic imine (C=N–C) groups is 1. The van der Waals surface area contributed by atoms with Gasteiger partial charge in [0.05, 0.1) is 12.1 Å². The van der Waals surface area contributed by atoms with Gasteiger partial charge in [-0.05, 0) is 31.2 Å². The lowest BCUT2D eigenvalue weighted by Gasteiger charge is -2.25. The molecule has 1 aromatic rings. The van der Waals surface area contributed by atoms with Gasteiger partial charge in [-0.25, -0.2) is 4.99 Å². The Morgan fingerprint density at radius 1 is 1.53 bits per heavy atom. The summed E-state index contributed by atoms with van der Waals surface area (Å²) in [5.41, 5.74) is 6.08. The van der Waals surface area contributed by atoms with E-state index in [2.05, 4.69) is 34.3 Å². The van der Waals surface area contributed by atoms with Gasteiger partial charge in [-0.15, -0.1) is 11.3 Å². The smallest absolute Gasteiger partial charge is 0.191 e. The van der Waals surface area contributed by atoms with Crippen LogP contribution in [0.15, 0.2) is 22.5 Å². The van der Waals surface area contributed by atoms with E-state index >= 15 is 0 Å². The minimum Gasteiger partial charge on any atom is -0.370 e. The van der Waals surface area contributed by atoms with Crippen LogP contribution in [0.25, 0.3) is 0 Å². The Morgan fingerprint density at radius 2 is 2.24 bits per heavy atom. The van der Waals surface area contributed by atoms with E-state index in [0.29, 0.717) is 18.0 Å². The zero-order valence-corrected chi connectivity index (χ0v) is 11.4. The van der Waals surface area contributed by atoms with Gasteiger partial charge in [0, 0.05) is 11.9 Å². The number of nitrogens with zero attached hydrogens (tertiary/aromatic N) is 2. The van der Waals surface area contributed by atoms with E-state index in [1.54, 1.807) is 11.3 Å². The van der Waals surface area contributed by atoms with E-state index in [4.69, 9.17) is 5.73 Å².